The van der Waals surface area contributed by atoms with E-state index in [2.05, 4.69) is 10.1 Å². The summed E-state index contributed by atoms with van der Waals surface area (Å²) in [4.78, 5) is 37.4. The fourth-order valence-electron chi connectivity index (χ4n) is 2.54. The molecular formula is C21H24N2O5. The maximum absolute atomic E-state index is 12.3. The first-order chi connectivity index (χ1) is 13.5. The van der Waals surface area contributed by atoms with E-state index < -0.39 is 5.97 Å². The minimum absolute atomic E-state index is 0.0402. The topological polar surface area (TPSA) is 84.9 Å². The number of methoxy groups -OCH3 is 1. The highest BCUT2D eigenvalue weighted by Crippen LogP contribution is 2.14. The minimum atomic E-state index is -0.438. The number of carbonyl (C=O) groups excluding carboxylic acids is 3. The number of carbonyl (C=O) groups is 3. The van der Waals surface area contributed by atoms with Gasteiger partial charge in [-0.2, -0.15) is 0 Å². The lowest BCUT2D eigenvalue weighted by atomic mass is 10.2. The van der Waals surface area contributed by atoms with Crippen LogP contribution in [0.5, 0.6) is 5.75 Å². The molecule has 28 heavy (non-hydrogen) atoms. The van der Waals surface area contributed by atoms with Gasteiger partial charge in [0.05, 0.1) is 12.7 Å². The maximum atomic E-state index is 12.3. The van der Waals surface area contributed by atoms with Crippen molar-refractivity contribution in [1.82, 2.24) is 4.90 Å². The van der Waals surface area contributed by atoms with Gasteiger partial charge in [-0.15, -0.1) is 0 Å². The van der Waals surface area contributed by atoms with Gasteiger partial charge in [-0.25, -0.2) is 4.79 Å². The van der Waals surface area contributed by atoms with Gasteiger partial charge >= 0.3 is 5.97 Å². The lowest BCUT2D eigenvalue weighted by Crippen LogP contribution is -2.30. The van der Waals surface area contributed by atoms with Crippen LogP contribution < -0.4 is 10.1 Å². The first kappa shape index (κ1) is 21.0. The number of esters is 1. The van der Waals surface area contributed by atoms with Gasteiger partial charge in [0.25, 0.3) is 11.8 Å². The number of amides is 2. The molecule has 0 radical (unpaired) electrons. The molecule has 0 atom stereocenters. The third-order valence-corrected chi connectivity index (χ3v) is 4.11. The number of nitrogens with zero attached hydrogens (tertiary/aromatic N) is 1. The van der Waals surface area contributed by atoms with E-state index in [0.717, 1.165) is 0 Å². The summed E-state index contributed by atoms with van der Waals surface area (Å²) in [6.45, 7) is 4.97. The summed E-state index contributed by atoms with van der Waals surface area (Å²) in [5, 5.41) is 2.71. The second kappa shape index (κ2) is 10.1. The molecule has 2 aromatic carbocycles. The Morgan fingerprint density at radius 3 is 2.00 bits per heavy atom. The van der Waals surface area contributed by atoms with Crippen molar-refractivity contribution in [2.24, 2.45) is 0 Å². The zero-order valence-electron chi connectivity index (χ0n) is 16.2. The molecule has 148 valence electrons. The molecule has 7 nitrogen and oxygen atoms in total. The quantitative estimate of drug-likeness (QED) is 0.708. The highest BCUT2D eigenvalue weighted by molar-refractivity contribution is 5.96. The van der Waals surface area contributed by atoms with Crippen LogP contribution in [0, 0.1) is 0 Å². The molecule has 0 aromatic heterocycles. The Balaban J connectivity index is 1.87. The van der Waals surface area contributed by atoms with E-state index in [1.54, 1.807) is 53.4 Å². The number of benzene rings is 2. The lowest BCUT2D eigenvalue weighted by molar-refractivity contribution is -0.118. The second-order valence-corrected chi connectivity index (χ2v) is 5.91. The summed E-state index contributed by atoms with van der Waals surface area (Å²) in [5.41, 5.74) is 1.55. The zero-order valence-corrected chi connectivity index (χ0v) is 16.2. The van der Waals surface area contributed by atoms with Crippen molar-refractivity contribution in [3.05, 3.63) is 59.7 Å². The van der Waals surface area contributed by atoms with Crippen LogP contribution in [-0.4, -0.2) is 49.5 Å². The number of anilines is 1. The van der Waals surface area contributed by atoms with Gasteiger partial charge in [0.2, 0.25) is 0 Å². The summed E-state index contributed by atoms with van der Waals surface area (Å²) in [5.74, 6) is -0.350. The van der Waals surface area contributed by atoms with Crippen LogP contribution in [-0.2, 0) is 9.53 Å². The first-order valence-electron chi connectivity index (χ1n) is 8.98. The Morgan fingerprint density at radius 2 is 1.46 bits per heavy atom. The average Bonchev–Trinajstić information content (AvgIpc) is 2.73. The molecule has 2 amide bonds. The third-order valence-electron chi connectivity index (χ3n) is 4.11. The van der Waals surface area contributed by atoms with Gasteiger partial charge in [-0.3, -0.25) is 9.59 Å². The molecule has 1 N–H and O–H groups in total. The SMILES string of the molecule is CCN(CC)C(=O)c1ccc(NC(=O)COc2ccc(C(=O)OC)cc2)cc1. The van der Waals surface area contributed by atoms with Crippen LogP contribution in [0.25, 0.3) is 0 Å². The molecule has 0 aliphatic rings. The van der Waals surface area contributed by atoms with E-state index in [1.807, 2.05) is 13.8 Å². The van der Waals surface area contributed by atoms with Crippen molar-refractivity contribution in [2.75, 3.05) is 32.1 Å². The largest absolute Gasteiger partial charge is 0.484 e. The molecule has 7 heteroatoms. The number of nitrogens with one attached hydrogen (secondary N) is 1. The monoisotopic (exact) mass is 384 g/mol. The third kappa shape index (κ3) is 5.57. The molecule has 0 fully saturated rings. The molecule has 0 aliphatic heterocycles. The van der Waals surface area contributed by atoms with Crippen LogP contribution in [0.2, 0.25) is 0 Å². The van der Waals surface area contributed by atoms with Gasteiger partial charge in [0.1, 0.15) is 5.75 Å². The van der Waals surface area contributed by atoms with Gasteiger partial charge in [-0.05, 0) is 62.4 Å². The molecule has 0 bridgehead atoms. The van der Waals surface area contributed by atoms with Crippen molar-refractivity contribution in [3.8, 4) is 5.75 Å². The van der Waals surface area contributed by atoms with Gasteiger partial charge < -0.3 is 19.7 Å². The highest BCUT2D eigenvalue weighted by atomic mass is 16.5. The first-order valence-corrected chi connectivity index (χ1v) is 8.98. The predicted octanol–water partition coefficient (Wildman–Crippen LogP) is 2.97. The fourth-order valence-corrected chi connectivity index (χ4v) is 2.54. The van der Waals surface area contributed by atoms with Crippen molar-refractivity contribution in [1.29, 1.82) is 0 Å². The van der Waals surface area contributed by atoms with E-state index in [0.29, 0.717) is 35.7 Å². The standard InChI is InChI=1S/C21H24N2O5/c1-4-23(5-2)20(25)15-6-10-17(11-7-15)22-19(24)14-28-18-12-8-16(9-13-18)21(26)27-3/h6-13H,4-5,14H2,1-3H3,(H,22,24). The van der Waals surface area contributed by atoms with E-state index >= 15 is 0 Å². The summed E-state index contributed by atoms with van der Waals surface area (Å²) in [6.07, 6.45) is 0. The van der Waals surface area contributed by atoms with Crippen LogP contribution in [0.15, 0.2) is 48.5 Å². The average molecular weight is 384 g/mol. The number of hydrogen-bond acceptors (Lipinski definition) is 5. The maximum Gasteiger partial charge on any atom is 0.337 e. The molecule has 0 heterocycles. The summed E-state index contributed by atoms with van der Waals surface area (Å²) in [7, 11) is 1.31. The van der Waals surface area contributed by atoms with Crippen LogP contribution in [0.3, 0.4) is 0 Å². The molecule has 0 aliphatic carbocycles. The van der Waals surface area contributed by atoms with E-state index in [1.165, 1.54) is 7.11 Å². The molecule has 2 rings (SSSR count). The van der Waals surface area contributed by atoms with Crippen molar-refractivity contribution in [2.45, 2.75) is 13.8 Å². The summed E-state index contributed by atoms with van der Waals surface area (Å²) >= 11 is 0. The Hall–Kier alpha value is -3.35. The van der Waals surface area contributed by atoms with Crippen molar-refractivity contribution in [3.63, 3.8) is 0 Å². The summed E-state index contributed by atoms with van der Waals surface area (Å²) in [6, 6.07) is 13.0. The van der Waals surface area contributed by atoms with Crippen LogP contribution in [0.1, 0.15) is 34.6 Å². The second-order valence-electron chi connectivity index (χ2n) is 5.91. The number of ether oxygens (including phenoxy) is 2. The van der Waals surface area contributed by atoms with Gasteiger partial charge in [-0.1, -0.05) is 0 Å². The Labute approximate surface area is 164 Å². The predicted molar refractivity (Wildman–Crippen MR) is 106 cm³/mol. The normalized spacial score (nSPS) is 10.1. The fraction of sp³-hybridized carbons (Fsp3) is 0.286. The van der Waals surface area contributed by atoms with Crippen LogP contribution in [0.4, 0.5) is 5.69 Å². The van der Waals surface area contributed by atoms with Crippen molar-refractivity contribution < 1.29 is 23.9 Å². The minimum Gasteiger partial charge on any atom is -0.484 e. The van der Waals surface area contributed by atoms with Crippen molar-refractivity contribution >= 4 is 23.5 Å². The number of rotatable bonds is 8. The molecule has 0 unspecified atom stereocenters. The molecular weight excluding hydrogens is 360 g/mol. The summed E-state index contributed by atoms with van der Waals surface area (Å²) < 4.78 is 10.0. The Kier molecular flexibility index (Phi) is 7.56. The molecule has 0 saturated heterocycles. The number of hydrogen-bond donors (Lipinski definition) is 1. The highest BCUT2D eigenvalue weighted by Gasteiger charge is 2.12. The molecule has 2 aromatic rings. The molecule has 0 saturated carbocycles. The zero-order chi connectivity index (χ0) is 20.5. The van der Waals surface area contributed by atoms with Gasteiger partial charge in [0, 0.05) is 24.3 Å². The van der Waals surface area contributed by atoms with E-state index in [-0.39, 0.29) is 18.4 Å². The molecule has 0 spiro atoms. The Bertz CT molecular complexity index is 812. The smallest absolute Gasteiger partial charge is 0.337 e. The van der Waals surface area contributed by atoms with E-state index in [4.69, 9.17) is 4.74 Å². The van der Waals surface area contributed by atoms with E-state index in [9.17, 15) is 14.4 Å². The Morgan fingerprint density at radius 1 is 0.893 bits per heavy atom. The van der Waals surface area contributed by atoms with Gasteiger partial charge in [0.15, 0.2) is 6.61 Å². The van der Waals surface area contributed by atoms with Crippen LogP contribution >= 0.6 is 0 Å². The lowest BCUT2D eigenvalue weighted by Gasteiger charge is -2.18.